The van der Waals surface area contributed by atoms with Crippen molar-refractivity contribution in [1.29, 1.82) is 0 Å². The highest BCUT2D eigenvalue weighted by Crippen LogP contribution is 2.45. The molecule has 0 aliphatic rings. The molecular weight excluding hydrogens is 1150 g/mol. The monoisotopic (exact) mass is 1280 g/mol. The third-order valence-corrected chi connectivity index (χ3v) is 17.6. The van der Waals surface area contributed by atoms with Crippen LogP contribution in [-0.4, -0.2) is 96.7 Å². The topological polar surface area (TPSA) is 237 Å². The number of aliphatic hydroxyl groups excluding tert-OH is 1. The minimum absolute atomic E-state index is 0.104. The summed E-state index contributed by atoms with van der Waals surface area (Å²) in [5, 5.41) is 10.6. The number of esters is 4. The molecule has 0 bridgehead atoms. The van der Waals surface area contributed by atoms with Crippen molar-refractivity contribution in [3.8, 4) is 0 Å². The van der Waals surface area contributed by atoms with Crippen molar-refractivity contribution in [2.45, 2.75) is 362 Å². The normalized spacial score (nSPS) is 14.2. The number of phosphoric acid groups is 2. The first-order chi connectivity index (χ1) is 41.9. The molecule has 0 rings (SSSR count). The molecule has 0 saturated heterocycles. The fraction of sp³-hybridized carbons (Fsp3) is 0.941. The maximum Gasteiger partial charge on any atom is 0.472 e. The lowest BCUT2D eigenvalue weighted by atomic mass is 10.0. The predicted octanol–water partition coefficient (Wildman–Crippen LogP) is 19.2. The van der Waals surface area contributed by atoms with E-state index >= 15 is 0 Å². The van der Waals surface area contributed by atoms with Gasteiger partial charge in [-0.1, -0.05) is 292 Å². The van der Waals surface area contributed by atoms with Crippen molar-refractivity contribution in [2.75, 3.05) is 39.6 Å². The highest BCUT2D eigenvalue weighted by molar-refractivity contribution is 7.47. The summed E-state index contributed by atoms with van der Waals surface area (Å²) < 4.78 is 68.1. The summed E-state index contributed by atoms with van der Waals surface area (Å²) in [5.74, 6) is -0.618. The van der Waals surface area contributed by atoms with Gasteiger partial charge >= 0.3 is 39.5 Å². The molecule has 0 saturated carbocycles. The second-order valence-electron chi connectivity index (χ2n) is 25.5. The lowest BCUT2D eigenvalue weighted by Gasteiger charge is -2.21. The summed E-state index contributed by atoms with van der Waals surface area (Å²) in [6.07, 6.45) is 44.5. The number of carbonyl (C=O) groups excluding carboxylic acids is 4. The van der Waals surface area contributed by atoms with E-state index in [9.17, 15) is 43.2 Å². The number of phosphoric ester groups is 2. The first-order valence-electron chi connectivity index (χ1n) is 35.5. The molecule has 0 heterocycles. The summed E-state index contributed by atoms with van der Waals surface area (Å²) in [4.78, 5) is 72.3. The molecule has 0 aromatic carbocycles. The Balaban J connectivity index is 5.20. The number of hydrogen-bond donors (Lipinski definition) is 3. The van der Waals surface area contributed by atoms with Crippen LogP contribution in [-0.2, 0) is 65.4 Å². The molecule has 19 heteroatoms. The third kappa shape index (κ3) is 62.6. The third-order valence-electron chi connectivity index (χ3n) is 15.7. The van der Waals surface area contributed by atoms with Gasteiger partial charge in [-0.15, -0.1) is 0 Å². The molecule has 5 atom stereocenters. The minimum Gasteiger partial charge on any atom is -0.462 e. The second-order valence-corrected chi connectivity index (χ2v) is 28.4. The number of unbranched alkanes of at least 4 members (excludes halogenated alkanes) is 37. The Morgan fingerprint density at radius 1 is 0.310 bits per heavy atom. The maximum absolute atomic E-state index is 13.0. The Kier molecular flexibility index (Phi) is 59.0. The molecule has 0 aromatic rings. The van der Waals surface area contributed by atoms with Gasteiger partial charge in [-0.3, -0.25) is 37.3 Å². The maximum atomic E-state index is 13.0. The van der Waals surface area contributed by atoms with E-state index in [4.69, 9.17) is 37.0 Å². The number of ether oxygens (including phenoxy) is 4. The van der Waals surface area contributed by atoms with Crippen molar-refractivity contribution in [1.82, 2.24) is 0 Å². The van der Waals surface area contributed by atoms with Crippen molar-refractivity contribution < 1.29 is 80.2 Å². The first kappa shape index (κ1) is 85.1. The summed E-state index contributed by atoms with van der Waals surface area (Å²) >= 11 is 0. The zero-order valence-electron chi connectivity index (χ0n) is 56.3. The SMILES string of the molecule is CCCCCCCCCCCCCCC(=O)OC[C@H](COP(=O)(O)OC[C@@H](O)COP(=O)(O)OC[C@@H](COC(=O)CCCCCCCCC)OC(=O)CCCCCCCCCCC(C)C)OC(=O)CCCCCCCCCCCCCCCCC(C)C. The molecular formula is C68H132O17P2. The minimum atomic E-state index is -4.95. The lowest BCUT2D eigenvalue weighted by Crippen LogP contribution is -2.30. The van der Waals surface area contributed by atoms with Gasteiger partial charge in [0.1, 0.15) is 19.3 Å². The highest BCUT2D eigenvalue weighted by atomic mass is 31.2. The molecule has 516 valence electrons. The van der Waals surface area contributed by atoms with Crippen LogP contribution in [0.15, 0.2) is 0 Å². The Labute approximate surface area is 530 Å². The van der Waals surface area contributed by atoms with Gasteiger partial charge < -0.3 is 33.8 Å². The summed E-state index contributed by atoms with van der Waals surface area (Å²) in [7, 11) is -9.89. The van der Waals surface area contributed by atoms with E-state index in [0.717, 1.165) is 115 Å². The standard InChI is InChI=1S/C68H132O17P2/c1-7-9-11-13-15-16-17-23-26-33-39-45-51-66(71)79-57-64(84-67(72)52-46-40-34-27-24-21-19-18-20-22-25-31-36-42-48-60(3)4)59-83-87(76,77)81-55-62(69)54-80-86(74,75)82-58-63(56-78-65(70)50-44-38-30-14-12-10-8-2)85-68(73)53-47-41-35-29-28-32-37-43-49-61(5)6/h60-64,69H,7-59H2,1-6H3,(H,74,75)(H,76,77)/t62-,63+,64+/m0/s1. The Morgan fingerprint density at radius 2 is 0.529 bits per heavy atom. The smallest absolute Gasteiger partial charge is 0.462 e. The lowest BCUT2D eigenvalue weighted by molar-refractivity contribution is -0.161. The van der Waals surface area contributed by atoms with Crippen LogP contribution in [0.25, 0.3) is 0 Å². The number of hydrogen-bond acceptors (Lipinski definition) is 15. The summed E-state index contributed by atoms with van der Waals surface area (Å²) in [5.41, 5.74) is 0. The highest BCUT2D eigenvalue weighted by Gasteiger charge is 2.30. The van der Waals surface area contributed by atoms with Crippen LogP contribution >= 0.6 is 15.6 Å². The van der Waals surface area contributed by atoms with Gasteiger partial charge in [0.05, 0.1) is 26.4 Å². The van der Waals surface area contributed by atoms with Crippen LogP contribution in [0, 0.1) is 11.8 Å². The second kappa shape index (κ2) is 60.3. The van der Waals surface area contributed by atoms with Gasteiger partial charge in [-0.25, -0.2) is 9.13 Å². The van der Waals surface area contributed by atoms with Gasteiger partial charge in [0, 0.05) is 25.7 Å². The Bertz CT molecular complexity index is 1700. The van der Waals surface area contributed by atoms with Crippen LogP contribution in [0.5, 0.6) is 0 Å². The summed E-state index contributed by atoms with van der Waals surface area (Å²) in [6.45, 7) is 9.47. The number of aliphatic hydroxyl groups is 1. The number of rotatable bonds is 67. The van der Waals surface area contributed by atoms with E-state index < -0.39 is 97.5 Å². The molecule has 0 aliphatic heterocycles. The van der Waals surface area contributed by atoms with E-state index in [1.54, 1.807) is 0 Å². The molecule has 0 fully saturated rings. The van der Waals surface area contributed by atoms with Crippen LogP contribution in [0.4, 0.5) is 0 Å². The van der Waals surface area contributed by atoms with Gasteiger partial charge in [0.2, 0.25) is 0 Å². The molecule has 17 nitrogen and oxygen atoms in total. The molecule has 0 amide bonds. The molecule has 0 aromatic heterocycles. The van der Waals surface area contributed by atoms with Crippen LogP contribution in [0.2, 0.25) is 0 Å². The van der Waals surface area contributed by atoms with Crippen LogP contribution in [0.3, 0.4) is 0 Å². The fourth-order valence-corrected chi connectivity index (χ4v) is 11.8. The van der Waals surface area contributed by atoms with Crippen molar-refractivity contribution in [2.24, 2.45) is 11.8 Å². The zero-order chi connectivity index (χ0) is 64.3. The van der Waals surface area contributed by atoms with E-state index in [-0.39, 0.29) is 25.7 Å². The van der Waals surface area contributed by atoms with E-state index in [0.29, 0.717) is 25.7 Å². The average Bonchev–Trinajstić information content (AvgIpc) is 3.67. The van der Waals surface area contributed by atoms with Crippen molar-refractivity contribution in [3.05, 3.63) is 0 Å². The van der Waals surface area contributed by atoms with Gasteiger partial charge in [0.25, 0.3) is 0 Å². The molecule has 2 unspecified atom stereocenters. The number of carbonyl (C=O) groups is 4. The van der Waals surface area contributed by atoms with Crippen LogP contribution in [0.1, 0.15) is 343 Å². The summed E-state index contributed by atoms with van der Waals surface area (Å²) in [6, 6.07) is 0. The molecule has 0 aliphatic carbocycles. The first-order valence-corrected chi connectivity index (χ1v) is 38.5. The largest absolute Gasteiger partial charge is 0.472 e. The fourth-order valence-electron chi connectivity index (χ4n) is 10.2. The van der Waals surface area contributed by atoms with Gasteiger partial charge in [-0.05, 0) is 37.5 Å². The molecule has 0 radical (unpaired) electrons. The van der Waals surface area contributed by atoms with Crippen LogP contribution < -0.4 is 0 Å². The zero-order valence-corrected chi connectivity index (χ0v) is 58.1. The van der Waals surface area contributed by atoms with Crippen molar-refractivity contribution >= 4 is 39.5 Å². The van der Waals surface area contributed by atoms with Gasteiger partial charge in [-0.2, -0.15) is 0 Å². The quantitative estimate of drug-likeness (QED) is 0.0222. The van der Waals surface area contributed by atoms with E-state index in [1.165, 1.54) is 148 Å². The predicted molar refractivity (Wildman–Crippen MR) is 349 cm³/mol. The molecule has 3 N–H and O–H groups in total. The van der Waals surface area contributed by atoms with E-state index in [1.807, 2.05) is 0 Å². The Morgan fingerprint density at radius 3 is 0.782 bits per heavy atom. The van der Waals surface area contributed by atoms with Crippen molar-refractivity contribution in [3.63, 3.8) is 0 Å². The van der Waals surface area contributed by atoms with Gasteiger partial charge in [0.15, 0.2) is 12.2 Å². The van der Waals surface area contributed by atoms with E-state index in [2.05, 4.69) is 41.5 Å². The average molecular weight is 1280 g/mol. The molecule has 87 heavy (non-hydrogen) atoms. The Hall–Kier alpha value is -1.94. The molecule has 0 spiro atoms.